The molecule has 0 radical (unpaired) electrons. The van der Waals surface area contributed by atoms with Crippen molar-refractivity contribution in [1.82, 2.24) is 4.98 Å². The molecule has 1 rings (SSSR count). The summed E-state index contributed by atoms with van der Waals surface area (Å²) in [6.45, 7) is 0. The summed E-state index contributed by atoms with van der Waals surface area (Å²) in [7, 11) is 0.160. The Morgan fingerprint density at radius 1 is 1.44 bits per heavy atom. The maximum absolute atomic E-state index is 12.0. The summed E-state index contributed by atoms with van der Waals surface area (Å²) in [4.78, 5) is 11.5. The van der Waals surface area contributed by atoms with E-state index < -0.39 is 37.2 Å². The van der Waals surface area contributed by atoms with Crippen molar-refractivity contribution in [1.29, 1.82) is 5.26 Å². The molecular weight excluding hydrogens is 301 g/mol. The van der Waals surface area contributed by atoms with Gasteiger partial charge in [-0.2, -0.15) is 5.26 Å². The first kappa shape index (κ1) is 14.3. The number of alkyl halides is 3. The molecule has 1 heterocycles. The van der Waals surface area contributed by atoms with Crippen molar-refractivity contribution in [3.8, 4) is 11.8 Å². The van der Waals surface area contributed by atoms with Crippen LogP contribution in [-0.4, -0.2) is 19.8 Å². The van der Waals surface area contributed by atoms with Gasteiger partial charge in [0, 0.05) is 16.9 Å². The van der Waals surface area contributed by atoms with E-state index in [1.54, 1.807) is 4.98 Å². The number of hydrogen-bond donors (Lipinski definition) is 1. The second kappa shape index (κ2) is 4.51. The number of ether oxygens (including phenoxy) is 1. The van der Waals surface area contributed by atoms with Gasteiger partial charge in [0.05, 0.1) is 0 Å². The zero-order valence-corrected chi connectivity index (χ0v) is 9.65. The highest BCUT2D eigenvalue weighted by atomic mass is 35.7. The Morgan fingerprint density at radius 3 is 2.39 bits per heavy atom. The number of pyridine rings is 1. The molecule has 0 aromatic carbocycles. The molecule has 98 valence electrons. The molecule has 1 N–H and O–H groups in total. The molecule has 0 unspecified atom stereocenters. The average Bonchev–Trinajstić information content (AvgIpc) is 2.16. The summed E-state index contributed by atoms with van der Waals surface area (Å²) in [6, 6.07) is 1.13. The van der Waals surface area contributed by atoms with Crippen LogP contribution in [0, 0.1) is 11.3 Å². The average molecular weight is 303 g/mol. The molecule has 0 spiro atoms. The fourth-order valence-corrected chi connectivity index (χ4v) is 2.15. The lowest BCUT2D eigenvalue weighted by Gasteiger charge is -2.10. The van der Waals surface area contributed by atoms with E-state index in [9.17, 15) is 26.4 Å². The summed E-state index contributed by atoms with van der Waals surface area (Å²) in [5.41, 5.74) is -2.44. The van der Waals surface area contributed by atoms with Crippen LogP contribution in [-0.2, 0) is 9.05 Å². The molecule has 1 aromatic heterocycles. The molecule has 0 bridgehead atoms. The van der Waals surface area contributed by atoms with Crippen LogP contribution in [0.3, 0.4) is 0 Å². The van der Waals surface area contributed by atoms with Gasteiger partial charge in [0.25, 0.3) is 14.6 Å². The number of hydrogen-bond acceptors (Lipinski definition) is 5. The minimum Gasteiger partial charge on any atom is -0.403 e. The second-order valence-corrected chi connectivity index (χ2v) is 5.29. The molecule has 6 nitrogen and oxygen atoms in total. The minimum atomic E-state index is -5.16. The van der Waals surface area contributed by atoms with Crippen LogP contribution in [0.5, 0.6) is 5.75 Å². The monoisotopic (exact) mass is 302 g/mol. The van der Waals surface area contributed by atoms with Gasteiger partial charge in [-0.15, -0.1) is 13.2 Å². The van der Waals surface area contributed by atoms with E-state index in [0.29, 0.717) is 6.20 Å². The number of aromatic amines is 1. The van der Waals surface area contributed by atoms with E-state index in [0.717, 1.165) is 6.07 Å². The van der Waals surface area contributed by atoms with E-state index in [1.807, 2.05) is 0 Å². The largest absolute Gasteiger partial charge is 0.573 e. The Kier molecular flexibility index (Phi) is 3.59. The van der Waals surface area contributed by atoms with E-state index in [4.69, 9.17) is 15.9 Å². The Morgan fingerprint density at radius 2 is 2.00 bits per heavy atom. The maximum Gasteiger partial charge on any atom is 0.573 e. The quantitative estimate of drug-likeness (QED) is 0.824. The van der Waals surface area contributed by atoms with Gasteiger partial charge >= 0.3 is 6.36 Å². The molecule has 0 fully saturated rings. The second-order valence-electron chi connectivity index (χ2n) is 2.78. The van der Waals surface area contributed by atoms with Crippen LogP contribution in [0.2, 0.25) is 0 Å². The molecule has 0 aliphatic rings. The third-order valence-electron chi connectivity index (χ3n) is 1.60. The summed E-state index contributed by atoms with van der Waals surface area (Å²) in [6.07, 6.45) is -4.74. The van der Waals surface area contributed by atoms with Crippen molar-refractivity contribution in [3.63, 3.8) is 0 Å². The van der Waals surface area contributed by atoms with E-state index >= 15 is 0 Å². The first-order valence-electron chi connectivity index (χ1n) is 3.92. The van der Waals surface area contributed by atoms with Crippen LogP contribution in [0.4, 0.5) is 13.2 Å². The van der Waals surface area contributed by atoms with Gasteiger partial charge in [-0.05, 0) is 0 Å². The molecule has 0 amide bonds. The SMILES string of the molecule is N#Cc1c(OC(F)(F)F)c[nH]c(=O)c1S(=O)(=O)Cl. The Bertz CT molecular complexity index is 673. The van der Waals surface area contributed by atoms with Crippen LogP contribution < -0.4 is 10.3 Å². The lowest BCUT2D eigenvalue weighted by atomic mass is 10.3. The van der Waals surface area contributed by atoms with Gasteiger partial charge < -0.3 is 9.72 Å². The van der Waals surface area contributed by atoms with Gasteiger partial charge in [-0.3, -0.25) is 4.79 Å². The molecular formula is C7H2ClF3N2O4S. The van der Waals surface area contributed by atoms with Crippen molar-refractivity contribution < 1.29 is 26.3 Å². The fraction of sp³-hybridized carbons (Fsp3) is 0.143. The van der Waals surface area contributed by atoms with Gasteiger partial charge in [-0.25, -0.2) is 8.42 Å². The Labute approximate surface area is 102 Å². The molecule has 18 heavy (non-hydrogen) atoms. The predicted octanol–water partition coefficient (Wildman–Crippen LogP) is 1.07. The molecule has 0 aliphatic heterocycles. The minimum absolute atomic E-state index is 0.417. The fourth-order valence-electron chi connectivity index (χ4n) is 1.04. The Balaban J connectivity index is 3.61. The van der Waals surface area contributed by atoms with Crippen LogP contribution in [0.25, 0.3) is 0 Å². The van der Waals surface area contributed by atoms with Crippen LogP contribution >= 0.6 is 10.7 Å². The van der Waals surface area contributed by atoms with Gasteiger partial charge in [-0.1, -0.05) is 0 Å². The van der Waals surface area contributed by atoms with E-state index in [-0.39, 0.29) is 0 Å². The molecule has 11 heteroatoms. The van der Waals surface area contributed by atoms with Crippen molar-refractivity contribution >= 4 is 19.7 Å². The van der Waals surface area contributed by atoms with Crippen molar-refractivity contribution in [2.75, 3.05) is 0 Å². The number of H-pyrrole nitrogens is 1. The molecule has 0 saturated heterocycles. The van der Waals surface area contributed by atoms with E-state index in [2.05, 4.69) is 4.74 Å². The first-order chi connectivity index (χ1) is 8.06. The standard InChI is InChI=1S/C7H2ClF3N2O4S/c8-18(15,16)5-3(1-12)4(2-13-6(5)14)17-7(9,10)11/h2H,(H,13,14). The highest BCUT2D eigenvalue weighted by molar-refractivity contribution is 8.13. The van der Waals surface area contributed by atoms with E-state index in [1.165, 1.54) is 0 Å². The highest BCUT2D eigenvalue weighted by Gasteiger charge is 2.34. The number of aromatic nitrogens is 1. The maximum atomic E-state index is 12.0. The lowest BCUT2D eigenvalue weighted by Crippen LogP contribution is -2.22. The van der Waals surface area contributed by atoms with Crippen molar-refractivity contribution in [2.45, 2.75) is 11.3 Å². The first-order valence-corrected chi connectivity index (χ1v) is 6.23. The predicted molar refractivity (Wildman–Crippen MR) is 51.5 cm³/mol. The number of halogens is 4. The summed E-state index contributed by atoms with van der Waals surface area (Å²) >= 11 is 0. The molecule has 0 saturated carbocycles. The van der Waals surface area contributed by atoms with Crippen LogP contribution in [0.15, 0.2) is 15.9 Å². The third-order valence-corrected chi connectivity index (χ3v) is 2.94. The third kappa shape index (κ3) is 3.14. The number of rotatable bonds is 2. The van der Waals surface area contributed by atoms with Crippen molar-refractivity contribution in [2.24, 2.45) is 0 Å². The Hall–Kier alpha value is -1.73. The van der Waals surface area contributed by atoms with Gasteiger partial charge in [0.1, 0.15) is 11.6 Å². The summed E-state index contributed by atoms with van der Waals surface area (Å²) in [5, 5.41) is 8.61. The zero-order valence-electron chi connectivity index (χ0n) is 8.08. The number of nitrogens with one attached hydrogen (secondary N) is 1. The molecule has 1 aromatic rings. The summed E-state index contributed by atoms with van der Waals surface area (Å²) in [5.74, 6) is -1.16. The smallest absolute Gasteiger partial charge is 0.403 e. The number of nitriles is 1. The van der Waals surface area contributed by atoms with Gasteiger partial charge in [0.2, 0.25) is 0 Å². The molecule has 0 aliphatic carbocycles. The van der Waals surface area contributed by atoms with Crippen molar-refractivity contribution in [3.05, 3.63) is 22.1 Å². The van der Waals surface area contributed by atoms with Crippen LogP contribution in [0.1, 0.15) is 5.56 Å². The topological polar surface area (TPSA) is 100 Å². The normalized spacial score (nSPS) is 11.9. The molecule has 0 atom stereocenters. The number of nitrogens with zero attached hydrogens (tertiary/aromatic N) is 1. The summed E-state index contributed by atoms with van der Waals surface area (Å²) < 4.78 is 61.4. The van der Waals surface area contributed by atoms with Gasteiger partial charge in [0.15, 0.2) is 10.6 Å². The zero-order chi connectivity index (χ0) is 14.1. The highest BCUT2D eigenvalue weighted by Crippen LogP contribution is 2.28. The lowest BCUT2D eigenvalue weighted by molar-refractivity contribution is -0.274.